The molecule has 0 bridgehead atoms. The molecule has 7 nitrogen and oxygen atoms in total. The predicted molar refractivity (Wildman–Crippen MR) is 97.0 cm³/mol. The average Bonchev–Trinajstić information content (AvgIpc) is 2.51. The Morgan fingerprint density at radius 3 is 2.28 bits per heavy atom. The first-order valence-corrected chi connectivity index (χ1v) is 8.77. The molecule has 142 valence electrons. The fraction of sp³-hybridized carbons (Fsp3) is 0.588. The maximum atomic E-state index is 11.7. The van der Waals surface area contributed by atoms with Crippen molar-refractivity contribution in [3.63, 3.8) is 0 Å². The molecule has 0 heterocycles. The summed E-state index contributed by atoms with van der Waals surface area (Å²) >= 11 is 1.50. The van der Waals surface area contributed by atoms with Gasteiger partial charge >= 0.3 is 6.09 Å². The van der Waals surface area contributed by atoms with E-state index in [9.17, 15) is 4.79 Å². The van der Waals surface area contributed by atoms with Crippen LogP contribution in [0.1, 0.15) is 34.6 Å². The van der Waals surface area contributed by atoms with Crippen LogP contribution in [0.4, 0.5) is 4.79 Å². The summed E-state index contributed by atoms with van der Waals surface area (Å²) in [5.74, 6) is 0.549. The largest absolute Gasteiger partial charge is 0.444 e. The maximum Gasteiger partial charge on any atom is 0.407 e. The van der Waals surface area contributed by atoms with Crippen LogP contribution in [0.2, 0.25) is 0 Å². The lowest BCUT2D eigenvalue weighted by Gasteiger charge is -2.26. The number of rotatable bonds is 9. The van der Waals surface area contributed by atoms with E-state index >= 15 is 0 Å². The minimum Gasteiger partial charge on any atom is -0.444 e. The Labute approximate surface area is 153 Å². The van der Waals surface area contributed by atoms with Crippen molar-refractivity contribution in [3.8, 4) is 5.75 Å². The van der Waals surface area contributed by atoms with Crippen molar-refractivity contribution < 1.29 is 24.3 Å². The predicted octanol–water partition coefficient (Wildman–Crippen LogP) is 3.71. The lowest BCUT2D eigenvalue weighted by atomic mass is 9.94. The molecule has 1 rings (SSSR count). The monoisotopic (exact) mass is 372 g/mol. The summed E-state index contributed by atoms with van der Waals surface area (Å²) < 4.78 is 8.54. The molecule has 0 saturated heterocycles. The summed E-state index contributed by atoms with van der Waals surface area (Å²) in [5, 5.41) is 7.20. The highest BCUT2D eigenvalue weighted by molar-refractivity contribution is 7.97. The highest BCUT2D eigenvalue weighted by atomic mass is 32.2. The van der Waals surface area contributed by atoms with Gasteiger partial charge in [0, 0.05) is 18.0 Å². The van der Waals surface area contributed by atoms with Gasteiger partial charge in [0.2, 0.25) is 0 Å². The molecule has 1 aromatic rings. The van der Waals surface area contributed by atoms with E-state index < -0.39 is 11.7 Å². The van der Waals surface area contributed by atoms with Crippen LogP contribution in [0, 0.1) is 5.41 Å². The van der Waals surface area contributed by atoms with Crippen molar-refractivity contribution in [2.75, 3.05) is 20.2 Å². The Bertz CT molecular complexity index is 529. The zero-order chi connectivity index (χ0) is 18.9. The van der Waals surface area contributed by atoms with E-state index in [-0.39, 0.29) is 5.41 Å². The van der Waals surface area contributed by atoms with Gasteiger partial charge in [0.15, 0.2) is 5.75 Å². The molecule has 0 radical (unpaired) electrons. The molecule has 0 fully saturated rings. The van der Waals surface area contributed by atoms with E-state index in [1.807, 2.05) is 32.9 Å². The lowest BCUT2D eigenvalue weighted by Crippen LogP contribution is -2.41. The van der Waals surface area contributed by atoms with Crippen molar-refractivity contribution in [2.24, 2.45) is 5.41 Å². The molecule has 1 amide bonds. The van der Waals surface area contributed by atoms with Crippen molar-refractivity contribution in [3.05, 3.63) is 24.3 Å². The Balaban J connectivity index is 2.32. The molecule has 0 aliphatic carbocycles. The van der Waals surface area contributed by atoms with E-state index in [0.29, 0.717) is 18.8 Å². The molecule has 1 aromatic carbocycles. The minimum atomic E-state index is -0.494. The molecule has 0 aliphatic rings. The molecule has 0 unspecified atom stereocenters. The number of carbonyl (C=O) groups is 1. The van der Waals surface area contributed by atoms with Gasteiger partial charge in [-0.25, -0.2) is 4.79 Å². The summed E-state index contributed by atoms with van der Waals surface area (Å²) in [5.41, 5.74) is -0.619. The first-order valence-electron chi connectivity index (χ1n) is 7.95. The standard InChI is InChI=1S/C17H28N2O5S/c1-16(2,3)22-15(20)18-11-17(4,5)12-19-25-14-9-7-13(8-10-14)23-24-21-6/h7-10,19H,11-12H2,1-6H3,(H,18,20). The molecule has 0 saturated carbocycles. The quantitative estimate of drug-likeness (QED) is 0.389. The second kappa shape index (κ2) is 9.86. The molecule has 25 heavy (non-hydrogen) atoms. The molecule has 0 aliphatic heterocycles. The van der Waals surface area contributed by atoms with Gasteiger partial charge in [-0.1, -0.05) is 13.8 Å². The van der Waals surface area contributed by atoms with Crippen molar-refractivity contribution in [1.82, 2.24) is 10.0 Å². The second-order valence-electron chi connectivity index (χ2n) is 7.23. The fourth-order valence-electron chi connectivity index (χ4n) is 1.64. The van der Waals surface area contributed by atoms with Gasteiger partial charge in [0.1, 0.15) is 5.60 Å². The SMILES string of the molecule is COOOc1ccc(SNCC(C)(C)CNC(=O)OC(C)(C)C)cc1. The Morgan fingerprint density at radius 1 is 1.08 bits per heavy atom. The Kier molecular flexibility index (Phi) is 8.51. The molecular weight excluding hydrogens is 344 g/mol. The van der Waals surface area contributed by atoms with Crippen molar-refractivity contribution in [2.45, 2.75) is 45.1 Å². The topological polar surface area (TPSA) is 78.0 Å². The van der Waals surface area contributed by atoms with E-state index in [4.69, 9.17) is 9.62 Å². The van der Waals surface area contributed by atoms with Crippen LogP contribution < -0.4 is 14.9 Å². The van der Waals surface area contributed by atoms with E-state index in [2.05, 4.69) is 33.8 Å². The third-order valence-electron chi connectivity index (χ3n) is 2.87. The molecular formula is C17H28N2O5S. The zero-order valence-electron chi connectivity index (χ0n) is 15.7. The van der Waals surface area contributed by atoms with Gasteiger partial charge in [0.05, 0.1) is 7.11 Å². The summed E-state index contributed by atoms with van der Waals surface area (Å²) in [7, 11) is 1.37. The van der Waals surface area contributed by atoms with Gasteiger partial charge in [-0.2, -0.15) is 4.89 Å². The number of nitrogens with one attached hydrogen (secondary N) is 2. The van der Waals surface area contributed by atoms with Crippen LogP contribution >= 0.6 is 11.9 Å². The van der Waals surface area contributed by atoms with Gasteiger partial charge in [-0.05, 0) is 67.4 Å². The van der Waals surface area contributed by atoms with Gasteiger partial charge in [-0.15, -0.1) is 0 Å². The van der Waals surface area contributed by atoms with E-state index in [1.165, 1.54) is 19.1 Å². The number of amides is 1. The first kappa shape index (κ1) is 21.6. The van der Waals surface area contributed by atoms with Crippen LogP contribution in [-0.2, 0) is 14.7 Å². The maximum absolute atomic E-state index is 11.7. The molecule has 0 aromatic heterocycles. The van der Waals surface area contributed by atoms with Crippen LogP contribution in [0.3, 0.4) is 0 Å². The third-order valence-corrected chi connectivity index (χ3v) is 3.67. The number of benzene rings is 1. The number of carbonyl (C=O) groups excluding carboxylic acids is 1. The molecule has 2 N–H and O–H groups in total. The van der Waals surface area contributed by atoms with Crippen molar-refractivity contribution in [1.29, 1.82) is 0 Å². The van der Waals surface area contributed by atoms with Crippen LogP contribution in [0.25, 0.3) is 0 Å². The second-order valence-corrected chi connectivity index (χ2v) is 8.20. The van der Waals surface area contributed by atoms with Gasteiger partial charge in [-0.3, -0.25) is 4.72 Å². The first-order chi connectivity index (χ1) is 11.6. The molecule has 8 heteroatoms. The number of alkyl carbamates (subject to hydrolysis) is 1. The number of hydrogen-bond acceptors (Lipinski definition) is 7. The highest BCUT2D eigenvalue weighted by Gasteiger charge is 2.21. The third kappa shape index (κ3) is 10.2. The fourth-order valence-corrected chi connectivity index (χ4v) is 2.54. The summed E-state index contributed by atoms with van der Waals surface area (Å²) in [6.07, 6.45) is -0.401. The summed E-state index contributed by atoms with van der Waals surface area (Å²) in [4.78, 5) is 22.0. The van der Waals surface area contributed by atoms with Gasteiger partial charge in [0.25, 0.3) is 0 Å². The Hall–Kier alpha value is -1.48. The average molecular weight is 372 g/mol. The lowest BCUT2D eigenvalue weighted by molar-refractivity contribution is -0.453. The molecule has 0 atom stereocenters. The zero-order valence-corrected chi connectivity index (χ0v) is 16.5. The van der Waals surface area contributed by atoms with Crippen LogP contribution in [0.5, 0.6) is 5.75 Å². The van der Waals surface area contributed by atoms with Crippen molar-refractivity contribution >= 4 is 18.0 Å². The summed E-state index contributed by atoms with van der Waals surface area (Å²) in [6.45, 7) is 10.9. The number of hydrogen-bond donors (Lipinski definition) is 2. The normalized spacial score (nSPS) is 11.9. The van der Waals surface area contributed by atoms with Crippen LogP contribution in [-0.4, -0.2) is 31.9 Å². The summed E-state index contributed by atoms with van der Waals surface area (Å²) in [6, 6.07) is 7.35. The highest BCUT2D eigenvalue weighted by Crippen LogP contribution is 2.21. The minimum absolute atomic E-state index is 0.126. The van der Waals surface area contributed by atoms with Gasteiger partial charge < -0.3 is 14.9 Å². The Morgan fingerprint density at radius 2 is 1.72 bits per heavy atom. The van der Waals surface area contributed by atoms with E-state index in [1.54, 1.807) is 12.1 Å². The van der Waals surface area contributed by atoms with Crippen LogP contribution in [0.15, 0.2) is 29.2 Å². The number of ether oxygens (including phenoxy) is 1. The van der Waals surface area contributed by atoms with E-state index in [0.717, 1.165) is 4.90 Å². The smallest absolute Gasteiger partial charge is 0.407 e. The molecule has 0 spiro atoms.